The minimum atomic E-state index is -0.722. The summed E-state index contributed by atoms with van der Waals surface area (Å²) in [4.78, 5) is 20.0. The van der Waals surface area contributed by atoms with Crippen LogP contribution >= 0.6 is 11.6 Å². The average molecular weight is 327 g/mol. The predicted molar refractivity (Wildman–Crippen MR) is 87.2 cm³/mol. The van der Waals surface area contributed by atoms with Gasteiger partial charge < -0.3 is 20.2 Å². The van der Waals surface area contributed by atoms with Crippen molar-refractivity contribution in [3.8, 4) is 0 Å². The van der Waals surface area contributed by atoms with Crippen LogP contribution in [0.4, 0.5) is 10.5 Å². The molecule has 0 radical (unpaired) electrons. The molecule has 0 aromatic carbocycles. The van der Waals surface area contributed by atoms with E-state index in [0.29, 0.717) is 43.3 Å². The van der Waals surface area contributed by atoms with E-state index >= 15 is 0 Å². The molecular formula is C15H23ClN4O2. The molecule has 122 valence electrons. The zero-order valence-corrected chi connectivity index (χ0v) is 13.8. The molecule has 1 aromatic rings. The molecule has 2 rings (SSSR count). The van der Waals surface area contributed by atoms with Crippen LogP contribution in [0, 0.1) is 0 Å². The van der Waals surface area contributed by atoms with Crippen molar-refractivity contribution in [1.29, 1.82) is 0 Å². The molecule has 1 atom stereocenters. The van der Waals surface area contributed by atoms with Gasteiger partial charge in [0, 0.05) is 19.6 Å². The summed E-state index contributed by atoms with van der Waals surface area (Å²) in [5, 5.41) is 13.8. The van der Waals surface area contributed by atoms with E-state index in [9.17, 15) is 9.90 Å². The van der Waals surface area contributed by atoms with Gasteiger partial charge in [-0.15, -0.1) is 0 Å². The fourth-order valence-electron chi connectivity index (χ4n) is 2.78. The van der Waals surface area contributed by atoms with Crippen LogP contribution in [0.5, 0.6) is 0 Å². The number of halogens is 1. The van der Waals surface area contributed by atoms with Crippen LogP contribution in [0.1, 0.15) is 19.3 Å². The maximum atomic E-state index is 12.3. The summed E-state index contributed by atoms with van der Waals surface area (Å²) < 4.78 is 0. The van der Waals surface area contributed by atoms with Gasteiger partial charge in [0.25, 0.3) is 0 Å². The fourth-order valence-corrected chi connectivity index (χ4v) is 2.89. The van der Waals surface area contributed by atoms with Crippen molar-refractivity contribution in [2.45, 2.75) is 24.9 Å². The van der Waals surface area contributed by atoms with Gasteiger partial charge in [-0.25, -0.2) is 9.78 Å². The van der Waals surface area contributed by atoms with Gasteiger partial charge in [-0.3, -0.25) is 0 Å². The van der Waals surface area contributed by atoms with Gasteiger partial charge in [-0.2, -0.15) is 0 Å². The second-order valence-corrected chi connectivity index (χ2v) is 6.49. The first-order valence-electron chi connectivity index (χ1n) is 7.43. The first-order valence-corrected chi connectivity index (χ1v) is 7.80. The summed E-state index contributed by atoms with van der Waals surface area (Å²) in [5.41, 5.74) is -0.109. The Bertz CT molecular complexity index is 509. The molecule has 1 aliphatic rings. The molecule has 1 fully saturated rings. The molecule has 1 saturated heterocycles. The minimum absolute atomic E-state index is 0.168. The highest BCUT2D eigenvalue weighted by Crippen LogP contribution is 2.23. The van der Waals surface area contributed by atoms with Gasteiger partial charge in [0.2, 0.25) is 0 Å². The van der Waals surface area contributed by atoms with Crippen LogP contribution in [-0.2, 0) is 0 Å². The Hall–Kier alpha value is -1.37. The van der Waals surface area contributed by atoms with Crippen molar-refractivity contribution < 1.29 is 9.90 Å². The lowest BCUT2D eigenvalue weighted by Crippen LogP contribution is -2.42. The maximum Gasteiger partial charge on any atom is 0.321 e. The number of likely N-dealkylation sites (N-methyl/N-ethyl adjacent to an activating group) is 1. The molecule has 1 unspecified atom stereocenters. The van der Waals surface area contributed by atoms with Gasteiger partial charge in [0.15, 0.2) is 0 Å². The Morgan fingerprint density at radius 1 is 1.45 bits per heavy atom. The van der Waals surface area contributed by atoms with E-state index < -0.39 is 5.60 Å². The van der Waals surface area contributed by atoms with E-state index in [-0.39, 0.29) is 6.03 Å². The summed E-state index contributed by atoms with van der Waals surface area (Å²) in [7, 11) is 3.89. The zero-order chi connectivity index (χ0) is 16.2. The van der Waals surface area contributed by atoms with E-state index in [1.807, 2.05) is 19.0 Å². The summed E-state index contributed by atoms with van der Waals surface area (Å²) in [5.74, 6) is 0. The number of anilines is 1. The third-order valence-electron chi connectivity index (χ3n) is 3.79. The number of rotatable bonds is 3. The molecule has 0 aliphatic carbocycles. The Morgan fingerprint density at radius 2 is 2.23 bits per heavy atom. The number of hydrogen-bond acceptors (Lipinski definition) is 4. The van der Waals surface area contributed by atoms with E-state index in [0.717, 1.165) is 6.42 Å². The summed E-state index contributed by atoms with van der Waals surface area (Å²) in [6.07, 6.45) is 3.60. The van der Waals surface area contributed by atoms with Crippen molar-refractivity contribution in [1.82, 2.24) is 14.8 Å². The number of amides is 2. The largest absolute Gasteiger partial charge is 0.388 e. The number of carbonyl (C=O) groups excluding carboxylic acids is 1. The number of hydrogen-bond donors (Lipinski definition) is 2. The normalized spacial score (nSPS) is 22.5. The third-order valence-corrected chi connectivity index (χ3v) is 4.02. The lowest BCUT2D eigenvalue weighted by Gasteiger charge is -2.29. The Morgan fingerprint density at radius 3 is 2.86 bits per heavy atom. The first kappa shape index (κ1) is 17.0. The van der Waals surface area contributed by atoms with Gasteiger partial charge >= 0.3 is 6.03 Å². The van der Waals surface area contributed by atoms with E-state index in [4.69, 9.17) is 11.6 Å². The number of aromatic nitrogens is 1. The predicted octanol–water partition coefficient (Wildman–Crippen LogP) is 2.05. The highest BCUT2D eigenvalue weighted by molar-refractivity contribution is 6.29. The molecule has 7 heteroatoms. The van der Waals surface area contributed by atoms with Crippen LogP contribution in [-0.4, -0.2) is 65.3 Å². The van der Waals surface area contributed by atoms with Gasteiger partial charge in [0.1, 0.15) is 5.15 Å². The number of urea groups is 1. The summed E-state index contributed by atoms with van der Waals surface area (Å²) >= 11 is 5.73. The number of likely N-dealkylation sites (tertiary alicyclic amines) is 1. The number of carbonyl (C=O) groups is 1. The molecule has 1 aliphatic heterocycles. The molecule has 2 N–H and O–H groups in total. The summed E-state index contributed by atoms with van der Waals surface area (Å²) in [6, 6.07) is 3.18. The SMILES string of the molecule is CN(C)CC1(O)CCCN(C(=O)Nc2ccc(Cl)nc2)CC1. The Labute approximate surface area is 136 Å². The zero-order valence-electron chi connectivity index (χ0n) is 13.0. The van der Waals surface area contributed by atoms with Gasteiger partial charge in [0.05, 0.1) is 17.5 Å². The number of aliphatic hydroxyl groups is 1. The Balaban J connectivity index is 1.92. The standard InChI is InChI=1S/C15H23ClN4O2/c1-19(2)11-15(22)6-3-8-20(9-7-15)14(21)18-12-4-5-13(16)17-10-12/h4-5,10,22H,3,6-9,11H2,1-2H3,(H,18,21). The molecule has 0 bridgehead atoms. The Kier molecular flexibility index (Phi) is 5.61. The number of pyridine rings is 1. The van der Waals surface area contributed by atoms with Crippen molar-refractivity contribution in [2.75, 3.05) is 39.0 Å². The van der Waals surface area contributed by atoms with Crippen molar-refractivity contribution in [3.05, 3.63) is 23.5 Å². The second-order valence-electron chi connectivity index (χ2n) is 6.10. The van der Waals surface area contributed by atoms with Crippen molar-refractivity contribution >= 4 is 23.3 Å². The van der Waals surface area contributed by atoms with Crippen LogP contribution in [0.3, 0.4) is 0 Å². The van der Waals surface area contributed by atoms with Gasteiger partial charge in [-0.1, -0.05) is 11.6 Å². The molecule has 22 heavy (non-hydrogen) atoms. The third kappa shape index (κ3) is 4.83. The van der Waals surface area contributed by atoms with Crippen LogP contribution in [0.15, 0.2) is 18.3 Å². The van der Waals surface area contributed by atoms with Crippen molar-refractivity contribution in [2.24, 2.45) is 0 Å². The average Bonchev–Trinajstić information content (AvgIpc) is 2.62. The highest BCUT2D eigenvalue weighted by Gasteiger charge is 2.31. The summed E-state index contributed by atoms with van der Waals surface area (Å²) in [6.45, 7) is 1.79. The van der Waals surface area contributed by atoms with Gasteiger partial charge in [-0.05, 0) is 45.5 Å². The first-order chi connectivity index (χ1) is 10.4. The second kappa shape index (κ2) is 7.26. The lowest BCUT2D eigenvalue weighted by atomic mass is 9.94. The number of nitrogens with one attached hydrogen (secondary N) is 1. The lowest BCUT2D eigenvalue weighted by molar-refractivity contribution is 0.00361. The van der Waals surface area contributed by atoms with Crippen LogP contribution in [0.25, 0.3) is 0 Å². The van der Waals surface area contributed by atoms with Crippen LogP contribution in [0.2, 0.25) is 5.15 Å². The number of nitrogens with zero attached hydrogens (tertiary/aromatic N) is 3. The minimum Gasteiger partial charge on any atom is -0.388 e. The van der Waals surface area contributed by atoms with Crippen LogP contribution < -0.4 is 5.32 Å². The molecule has 0 saturated carbocycles. The highest BCUT2D eigenvalue weighted by atomic mass is 35.5. The smallest absolute Gasteiger partial charge is 0.321 e. The molecule has 2 heterocycles. The quantitative estimate of drug-likeness (QED) is 0.834. The fraction of sp³-hybridized carbons (Fsp3) is 0.600. The molecule has 6 nitrogen and oxygen atoms in total. The maximum absolute atomic E-state index is 12.3. The van der Waals surface area contributed by atoms with E-state index in [1.165, 1.54) is 6.20 Å². The molecule has 0 spiro atoms. The molecule has 1 aromatic heterocycles. The van der Waals surface area contributed by atoms with E-state index in [1.54, 1.807) is 17.0 Å². The monoisotopic (exact) mass is 326 g/mol. The molecular weight excluding hydrogens is 304 g/mol. The van der Waals surface area contributed by atoms with E-state index in [2.05, 4.69) is 10.3 Å². The molecule has 2 amide bonds. The topological polar surface area (TPSA) is 68.7 Å². The van der Waals surface area contributed by atoms with Crippen molar-refractivity contribution in [3.63, 3.8) is 0 Å².